The molecule has 1 amide bonds. The molecule has 0 fully saturated rings. The predicted octanol–water partition coefficient (Wildman–Crippen LogP) is 4.21. The summed E-state index contributed by atoms with van der Waals surface area (Å²) in [6.07, 6.45) is -5.22. The number of halogens is 3. The topological polar surface area (TPSA) is 70.6 Å². The van der Waals surface area contributed by atoms with Gasteiger partial charge in [-0.25, -0.2) is 0 Å². The predicted molar refractivity (Wildman–Crippen MR) is 124 cm³/mol. The maximum Gasteiger partial charge on any atom is 0.416 e. The van der Waals surface area contributed by atoms with E-state index in [1.54, 1.807) is 7.11 Å². The monoisotopic (exact) mass is 472 g/mol. The van der Waals surface area contributed by atoms with Gasteiger partial charge in [-0.15, -0.1) is 0 Å². The Morgan fingerprint density at radius 3 is 2.38 bits per heavy atom. The van der Waals surface area contributed by atoms with Gasteiger partial charge in [-0.3, -0.25) is 4.79 Å². The van der Waals surface area contributed by atoms with E-state index in [0.29, 0.717) is 13.0 Å². The molecule has 180 valence electrons. The summed E-state index contributed by atoms with van der Waals surface area (Å²) in [5.41, 5.74) is 0.813. The zero-order valence-electron chi connectivity index (χ0n) is 18.7. The number of alkyl halides is 3. The van der Waals surface area contributed by atoms with Crippen LogP contribution in [0.1, 0.15) is 27.0 Å². The Labute approximate surface area is 196 Å². The second-order valence-corrected chi connectivity index (χ2v) is 7.90. The molecular formula is C26H27F3N2O3. The van der Waals surface area contributed by atoms with E-state index >= 15 is 0 Å². The average molecular weight is 473 g/mol. The summed E-state index contributed by atoms with van der Waals surface area (Å²) in [5.74, 6) is 0.0361. The highest BCUT2D eigenvalue weighted by Gasteiger charge is 2.31. The van der Waals surface area contributed by atoms with Crippen LogP contribution in [0.5, 0.6) is 5.75 Å². The van der Waals surface area contributed by atoms with E-state index in [1.807, 2.05) is 54.6 Å². The van der Waals surface area contributed by atoms with Crippen LogP contribution in [-0.2, 0) is 19.1 Å². The van der Waals surface area contributed by atoms with Crippen molar-refractivity contribution in [3.05, 3.63) is 101 Å². The van der Waals surface area contributed by atoms with Gasteiger partial charge >= 0.3 is 6.18 Å². The van der Waals surface area contributed by atoms with Crippen LogP contribution in [0, 0.1) is 0 Å². The van der Waals surface area contributed by atoms with Gasteiger partial charge in [0.05, 0.1) is 24.8 Å². The van der Waals surface area contributed by atoms with E-state index < -0.39 is 29.8 Å². The van der Waals surface area contributed by atoms with E-state index in [1.165, 1.54) is 12.1 Å². The third-order valence-electron chi connectivity index (χ3n) is 5.35. The first-order valence-electron chi connectivity index (χ1n) is 10.8. The Kier molecular flexibility index (Phi) is 8.67. The fourth-order valence-corrected chi connectivity index (χ4v) is 3.53. The number of ether oxygens (including phenoxy) is 1. The van der Waals surface area contributed by atoms with E-state index in [2.05, 4.69) is 10.6 Å². The Balaban J connectivity index is 1.69. The highest BCUT2D eigenvalue weighted by atomic mass is 19.4. The van der Waals surface area contributed by atoms with Crippen molar-refractivity contribution in [2.24, 2.45) is 0 Å². The molecule has 0 bridgehead atoms. The van der Waals surface area contributed by atoms with Gasteiger partial charge in [0.1, 0.15) is 5.75 Å². The van der Waals surface area contributed by atoms with Gasteiger partial charge in [0.25, 0.3) is 5.91 Å². The first-order chi connectivity index (χ1) is 16.3. The Morgan fingerprint density at radius 1 is 0.971 bits per heavy atom. The van der Waals surface area contributed by atoms with Gasteiger partial charge in [-0.05, 0) is 47.9 Å². The third-order valence-corrected chi connectivity index (χ3v) is 5.35. The van der Waals surface area contributed by atoms with Crippen molar-refractivity contribution >= 4 is 5.91 Å². The number of methoxy groups -OCH3 is 1. The van der Waals surface area contributed by atoms with Crippen molar-refractivity contribution in [2.45, 2.75) is 31.3 Å². The molecule has 0 spiro atoms. The zero-order chi connectivity index (χ0) is 24.6. The molecule has 0 aliphatic rings. The van der Waals surface area contributed by atoms with E-state index in [4.69, 9.17) is 4.74 Å². The van der Waals surface area contributed by atoms with Crippen molar-refractivity contribution in [2.75, 3.05) is 13.7 Å². The minimum Gasteiger partial charge on any atom is -0.497 e. The zero-order valence-corrected chi connectivity index (χ0v) is 18.7. The summed E-state index contributed by atoms with van der Waals surface area (Å²) in [6, 6.07) is 20.2. The maximum atomic E-state index is 13.0. The van der Waals surface area contributed by atoms with Crippen LogP contribution in [0.15, 0.2) is 78.9 Å². The van der Waals surface area contributed by atoms with E-state index in [-0.39, 0.29) is 12.1 Å². The van der Waals surface area contributed by atoms with Crippen molar-refractivity contribution in [1.29, 1.82) is 0 Å². The van der Waals surface area contributed by atoms with Gasteiger partial charge < -0.3 is 20.5 Å². The van der Waals surface area contributed by atoms with Crippen molar-refractivity contribution in [3.8, 4) is 5.75 Å². The lowest BCUT2D eigenvalue weighted by atomic mass is 10.00. The molecule has 5 nitrogen and oxygen atoms in total. The number of amides is 1. The van der Waals surface area contributed by atoms with Crippen LogP contribution in [0.3, 0.4) is 0 Å². The van der Waals surface area contributed by atoms with Crippen LogP contribution in [0.4, 0.5) is 13.2 Å². The molecule has 2 atom stereocenters. The molecule has 3 rings (SSSR count). The lowest BCUT2D eigenvalue weighted by molar-refractivity contribution is -0.137. The number of nitrogens with one attached hydrogen (secondary N) is 2. The molecule has 0 saturated carbocycles. The van der Waals surface area contributed by atoms with E-state index in [9.17, 15) is 23.1 Å². The van der Waals surface area contributed by atoms with Crippen LogP contribution in [0.2, 0.25) is 0 Å². The fraction of sp³-hybridized carbons (Fsp3) is 0.269. The van der Waals surface area contributed by atoms with Crippen molar-refractivity contribution in [3.63, 3.8) is 0 Å². The first kappa shape index (κ1) is 25.3. The number of aliphatic hydroxyl groups excluding tert-OH is 1. The van der Waals surface area contributed by atoms with E-state index in [0.717, 1.165) is 29.0 Å². The molecule has 3 aromatic rings. The summed E-state index contributed by atoms with van der Waals surface area (Å²) in [4.78, 5) is 12.8. The Bertz CT molecular complexity index is 1070. The minimum absolute atomic E-state index is 0.121. The van der Waals surface area contributed by atoms with Crippen molar-refractivity contribution in [1.82, 2.24) is 10.6 Å². The van der Waals surface area contributed by atoms with Crippen LogP contribution in [0.25, 0.3) is 0 Å². The molecule has 0 heterocycles. The minimum atomic E-state index is -4.55. The van der Waals surface area contributed by atoms with Gasteiger partial charge in [0, 0.05) is 18.7 Å². The Hall–Kier alpha value is -3.36. The van der Waals surface area contributed by atoms with Crippen LogP contribution >= 0.6 is 0 Å². The standard InChI is InChI=1S/C26H27F3N2O3/c1-34-22-12-5-9-19(13-22)16-30-17-24(32)23(14-18-7-3-2-4-8-18)31-25(33)20-10-6-11-21(15-20)26(27,28)29/h2-13,15,23-24,30,32H,14,16-17H2,1H3,(H,31,33). The molecule has 0 saturated heterocycles. The first-order valence-corrected chi connectivity index (χ1v) is 10.8. The summed E-state index contributed by atoms with van der Waals surface area (Å²) in [5, 5.41) is 16.7. The molecule has 34 heavy (non-hydrogen) atoms. The summed E-state index contributed by atoms with van der Waals surface area (Å²) in [7, 11) is 1.58. The fourth-order valence-electron chi connectivity index (χ4n) is 3.53. The molecule has 3 N–H and O–H groups in total. The summed E-state index contributed by atoms with van der Waals surface area (Å²) >= 11 is 0. The van der Waals surface area contributed by atoms with Crippen molar-refractivity contribution < 1.29 is 27.8 Å². The number of carbonyl (C=O) groups is 1. The maximum absolute atomic E-state index is 13.0. The lowest BCUT2D eigenvalue weighted by Gasteiger charge is -2.25. The summed E-state index contributed by atoms with van der Waals surface area (Å²) in [6.45, 7) is 0.630. The SMILES string of the molecule is COc1cccc(CNCC(O)C(Cc2ccccc2)NC(=O)c2cccc(C(F)(F)F)c2)c1. The smallest absolute Gasteiger partial charge is 0.416 e. The number of carbonyl (C=O) groups excluding carboxylic acids is 1. The molecule has 0 aromatic heterocycles. The van der Waals surface area contributed by atoms with Gasteiger partial charge in [0.2, 0.25) is 0 Å². The highest BCUT2D eigenvalue weighted by Crippen LogP contribution is 2.29. The molecule has 0 aliphatic carbocycles. The number of aliphatic hydroxyl groups is 1. The largest absolute Gasteiger partial charge is 0.497 e. The summed E-state index contributed by atoms with van der Waals surface area (Å²) < 4.78 is 44.4. The third kappa shape index (κ3) is 7.33. The molecule has 2 unspecified atom stereocenters. The van der Waals surface area contributed by atoms with Gasteiger partial charge in [-0.2, -0.15) is 13.2 Å². The molecule has 8 heteroatoms. The van der Waals surface area contributed by atoms with Gasteiger partial charge in [0.15, 0.2) is 0 Å². The van der Waals surface area contributed by atoms with Crippen LogP contribution < -0.4 is 15.4 Å². The Morgan fingerprint density at radius 2 is 1.68 bits per heavy atom. The highest BCUT2D eigenvalue weighted by molar-refractivity contribution is 5.94. The quantitative estimate of drug-likeness (QED) is 0.414. The second-order valence-electron chi connectivity index (χ2n) is 7.90. The molecule has 0 aliphatic heterocycles. The van der Waals surface area contributed by atoms with Gasteiger partial charge in [-0.1, -0.05) is 48.5 Å². The van der Waals surface area contributed by atoms with Crippen LogP contribution in [-0.4, -0.2) is 36.8 Å². The number of hydrogen-bond acceptors (Lipinski definition) is 4. The normalized spacial score (nSPS) is 13.2. The number of hydrogen-bond donors (Lipinski definition) is 3. The average Bonchev–Trinajstić information content (AvgIpc) is 2.84. The lowest BCUT2D eigenvalue weighted by Crippen LogP contribution is -2.48. The molecule has 3 aromatic carbocycles. The number of benzene rings is 3. The molecule has 0 radical (unpaired) electrons. The molecular weight excluding hydrogens is 445 g/mol. The number of rotatable bonds is 10. The second kappa shape index (κ2) is 11.7.